The molecule has 0 spiro atoms. The Morgan fingerprint density at radius 1 is 1.50 bits per heavy atom. The van der Waals surface area contributed by atoms with Crippen LogP contribution in [0.2, 0.25) is 0 Å². The fourth-order valence-electron chi connectivity index (χ4n) is 2.46. The van der Waals surface area contributed by atoms with E-state index in [0.29, 0.717) is 25.2 Å². The van der Waals surface area contributed by atoms with Gasteiger partial charge in [0.25, 0.3) is 5.91 Å². The molecule has 0 aliphatic carbocycles. The summed E-state index contributed by atoms with van der Waals surface area (Å²) in [6, 6.07) is 1.91. The molecule has 0 bridgehead atoms. The second-order valence-corrected chi connectivity index (χ2v) is 5.00. The highest BCUT2D eigenvalue weighted by molar-refractivity contribution is 5.92. The van der Waals surface area contributed by atoms with E-state index < -0.39 is 11.7 Å². The number of amides is 1. The molecule has 0 radical (unpaired) electrons. The van der Waals surface area contributed by atoms with Crippen LogP contribution < -0.4 is 5.73 Å². The van der Waals surface area contributed by atoms with Crippen molar-refractivity contribution < 1.29 is 18.0 Å². The number of hydrogen-bond donors (Lipinski definition) is 1. The van der Waals surface area contributed by atoms with E-state index in [2.05, 4.69) is 4.98 Å². The number of carbonyl (C=O) groups is 1. The van der Waals surface area contributed by atoms with E-state index in [9.17, 15) is 18.0 Å². The minimum Gasteiger partial charge on any atom is -0.333 e. The second-order valence-electron chi connectivity index (χ2n) is 5.00. The standard InChI is InChI=1S/C13H16F3N3O/c1-8-4-5-19(11(8)6-17)12(20)10-3-2-9(7-18-10)13(14,15)16/h2-3,7-8,11H,4-6,17H2,1H3. The summed E-state index contributed by atoms with van der Waals surface area (Å²) in [4.78, 5) is 17.5. The Morgan fingerprint density at radius 2 is 2.20 bits per heavy atom. The van der Waals surface area contributed by atoms with E-state index in [1.54, 1.807) is 4.90 Å². The second kappa shape index (κ2) is 5.40. The zero-order valence-electron chi connectivity index (χ0n) is 11.0. The van der Waals surface area contributed by atoms with Crippen LogP contribution in [-0.2, 0) is 6.18 Å². The van der Waals surface area contributed by atoms with E-state index in [-0.39, 0.29) is 17.6 Å². The summed E-state index contributed by atoms with van der Waals surface area (Å²) in [5.74, 6) is -0.0723. The number of halogens is 3. The predicted molar refractivity (Wildman–Crippen MR) is 66.9 cm³/mol. The van der Waals surface area contributed by atoms with Gasteiger partial charge in [0.1, 0.15) is 5.69 Å². The molecular formula is C13H16F3N3O. The molecule has 0 aromatic carbocycles. The van der Waals surface area contributed by atoms with Crippen molar-refractivity contribution >= 4 is 5.91 Å². The van der Waals surface area contributed by atoms with Crippen LogP contribution in [0.5, 0.6) is 0 Å². The van der Waals surface area contributed by atoms with Gasteiger partial charge in [-0.1, -0.05) is 6.92 Å². The maximum Gasteiger partial charge on any atom is 0.417 e. The van der Waals surface area contributed by atoms with Crippen molar-refractivity contribution in [2.45, 2.75) is 25.6 Å². The summed E-state index contributed by atoms with van der Waals surface area (Å²) in [5.41, 5.74) is 4.81. The Morgan fingerprint density at radius 3 is 2.70 bits per heavy atom. The minimum absolute atomic E-state index is 0.0190. The number of rotatable bonds is 2. The van der Waals surface area contributed by atoms with E-state index in [0.717, 1.165) is 18.6 Å². The van der Waals surface area contributed by atoms with E-state index in [1.165, 1.54) is 0 Å². The number of aromatic nitrogens is 1. The summed E-state index contributed by atoms with van der Waals surface area (Å²) in [6.45, 7) is 2.91. The fourth-order valence-corrected chi connectivity index (χ4v) is 2.46. The van der Waals surface area contributed by atoms with Gasteiger partial charge < -0.3 is 10.6 Å². The van der Waals surface area contributed by atoms with Gasteiger partial charge in [-0.2, -0.15) is 13.2 Å². The lowest BCUT2D eigenvalue weighted by atomic mass is 10.0. The highest BCUT2D eigenvalue weighted by Crippen LogP contribution is 2.29. The minimum atomic E-state index is -4.45. The van der Waals surface area contributed by atoms with Crippen LogP contribution in [0.1, 0.15) is 29.4 Å². The molecule has 1 aliphatic heterocycles. The van der Waals surface area contributed by atoms with Crippen molar-refractivity contribution in [3.05, 3.63) is 29.6 Å². The van der Waals surface area contributed by atoms with Gasteiger partial charge in [-0.3, -0.25) is 9.78 Å². The third-order valence-electron chi connectivity index (χ3n) is 3.69. The quantitative estimate of drug-likeness (QED) is 0.904. The molecule has 2 N–H and O–H groups in total. The monoisotopic (exact) mass is 287 g/mol. The molecule has 1 fully saturated rings. The number of hydrogen-bond acceptors (Lipinski definition) is 3. The summed E-state index contributed by atoms with van der Waals surface area (Å²) < 4.78 is 37.3. The Balaban J connectivity index is 2.18. The number of nitrogens with two attached hydrogens (primary N) is 1. The van der Waals surface area contributed by atoms with Gasteiger partial charge in [0.15, 0.2) is 0 Å². The molecule has 2 rings (SSSR count). The van der Waals surface area contributed by atoms with Crippen molar-refractivity contribution in [1.82, 2.24) is 9.88 Å². The van der Waals surface area contributed by atoms with Crippen LogP contribution in [0.3, 0.4) is 0 Å². The Kier molecular flexibility index (Phi) is 3.99. The molecule has 0 saturated carbocycles. The SMILES string of the molecule is CC1CCN(C(=O)c2ccc(C(F)(F)F)cn2)C1CN. The maximum atomic E-state index is 12.4. The lowest BCUT2D eigenvalue weighted by Crippen LogP contribution is -2.42. The third kappa shape index (κ3) is 2.77. The number of carbonyl (C=O) groups excluding carboxylic acids is 1. The van der Waals surface area contributed by atoms with Gasteiger partial charge >= 0.3 is 6.18 Å². The van der Waals surface area contributed by atoms with Crippen molar-refractivity contribution in [2.75, 3.05) is 13.1 Å². The molecule has 1 aliphatic rings. The van der Waals surface area contributed by atoms with Crippen molar-refractivity contribution in [3.63, 3.8) is 0 Å². The van der Waals surface area contributed by atoms with Crippen LogP contribution in [0.25, 0.3) is 0 Å². The van der Waals surface area contributed by atoms with Crippen LogP contribution in [-0.4, -0.2) is 34.9 Å². The first-order valence-corrected chi connectivity index (χ1v) is 6.39. The lowest BCUT2D eigenvalue weighted by Gasteiger charge is -2.25. The van der Waals surface area contributed by atoms with E-state index in [1.807, 2.05) is 6.92 Å². The molecular weight excluding hydrogens is 271 g/mol. The third-order valence-corrected chi connectivity index (χ3v) is 3.69. The zero-order chi connectivity index (χ0) is 14.9. The zero-order valence-corrected chi connectivity index (χ0v) is 11.0. The average molecular weight is 287 g/mol. The molecule has 7 heteroatoms. The predicted octanol–water partition coefficient (Wildman–Crippen LogP) is 1.91. The maximum absolute atomic E-state index is 12.4. The summed E-state index contributed by atoms with van der Waals surface area (Å²) in [6.07, 6.45) is -2.92. The number of alkyl halides is 3. The summed E-state index contributed by atoms with van der Waals surface area (Å²) in [5, 5.41) is 0. The first-order chi connectivity index (χ1) is 9.34. The average Bonchev–Trinajstić information content (AvgIpc) is 2.78. The van der Waals surface area contributed by atoms with Gasteiger partial charge in [-0.25, -0.2) is 0 Å². The first-order valence-electron chi connectivity index (χ1n) is 6.39. The Hall–Kier alpha value is -1.63. The molecule has 20 heavy (non-hydrogen) atoms. The summed E-state index contributed by atoms with van der Waals surface area (Å²) in [7, 11) is 0. The first kappa shape index (κ1) is 14.8. The molecule has 110 valence electrons. The highest BCUT2D eigenvalue weighted by Gasteiger charge is 2.35. The van der Waals surface area contributed by atoms with Crippen LogP contribution in [0.4, 0.5) is 13.2 Å². The number of likely N-dealkylation sites (tertiary alicyclic amines) is 1. The van der Waals surface area contributed by atoms with Crippen LogP contribution >= 0.6 is 0 Å². The topological polar surface area (TPSA) is 59.2 Å². The molecule has 1 aromatic rings. The molecule has 1 amide bonds. The number of pyridine rings is 1. The molecule has 2 atom stereocenters. The highest BCUT2D eigenvalue weighted by atomic mass is 19.4. The van der Waals surface area contributed by atoms with Crippen LogP contribution in [0.15, 0.2) is 18.3 Å². The van der Waals surface area contributed by atoms with Crippen LogP contribution in [0, 0.1) is 5.92 Å². The van der Waals surface area contributed by atoms with Gasteiger partial charge in [0.2, 0.25) is 0 Å². The molecule has 1 saturated heterocycles. The molecule has 4 nitrogen and oxygen atoms in total. The number of nitrogens with zero attached hydrogens (tertiary/aromatic N) is 2. The van der Waals surface area contributed by atoms with Crippen molar-refractivity contribution in [1.29, 1.82) is 0 Å². The molecule has 2 unspecified atom stereocenters. The normalized spacial score (nSPS) is 23.1. The smallest absolute Gasteiger partial charge is 0.333 e. The fraction of sp³-hybridized carbons (Fsp3) is 0.538. The van der Waals surface area contributed by atoms with Gasteiger partial charge in [0, 0.05) is 25.3 Å². The van der Waals surface area contributed by atoms with E-state index in [4.69, 9.17) is 5.73 Å². The van der Waals surface area contributed by atoms with Gasteiger partial charge in [-0.05, 0) is 24.5 Å². The lowest BCUT2D eigenvalue weighted by molar-refractivity contribution is -0.137. The summed E-state index contributed by atoms with van der Waals surface area (Å²) >= 11 is 0. The largest absolute Gasteiger partial charge is 0.417 e. The van der Waals surface area contributed by atoms with E-state index >= 15 is 0 Å². The van der Waals surface area contributed by atoms with Gasteiger partial charge in [-0.15, -0.1) is 0 Å². The van der Waals surface area contributed by atoms with Crippen molar-refractivity contribution in [3.8, 4) is 0 Å². The molecule has 2 heterocycles. The van der Waals surface area contributed by atoms with Gasteiger partial charge in [0.05, 0.1) is 5.56 Å². The Labute approximate surface area is 114 Å². The Bertz CT molecular complexity index is 487. The van der Waals surface area contributed by atoms with Crippen molar-refractivity contribution in [2.24, 2.45) is 11.7 Å². The molecule has 1 aromatic heterocycles.